The predicted octanol–water partition coefficient (Wildman–Crippen LogP) is -3.92. The fourth-order valence-corrected chi connectivity index (χ4v) is 0. The predicted molar refractivity (Wildman–Crippen MR) is 39.4 cm³/mol. The van der Waals surface area contributed by atoms with Crippen LogP contribution in [0.15, 0.2) is 0 Å². The first-order valence-electron chi connectivity index (χ1n) is 0.783. The van der Waals surface area contributed by atoms with Gasteiger partial charge in [-0.3, -0.25) is 0 Å². The SMILES string of the molecule is O.O.O=P(O)(O)O.[AlH3].[Ba+2].[H-].[H-]. The smallest absolute Gasteiger partial charge is 1.00 e. The average Bonchev–Trinajstić information content (AvgIpc) is 0.722. The standard InChI is InChI=1S/Al.Ba.H3O4P.2H2O.5H/c;;1-5(2,3)4;;;;;;;/h;;(H3,1,2,3,4);2*1H2;;;;;/q;+2;;;;;;;2*-1. The fourth-order valence-electron chi connectivity index (χ4n) is 0. The van der Waals surface area contributed by atoms with Crippen molar-refractivity contribution < 1.29 is 33.1 Å². The van der Waals surface area contributed by atoms with E-state index in [1.165, 1.54) is 0 Å². The summed E-state index contributed by atoms with van der Waals surface area (Å²) in [5, 5.41) is 0. The van der Waals surface area contributed by atoms with E-state index in [4.69, 9.17) is 19.2 Å². The van der Waals surface area contributed by atoms with E-state index in [1.54, 1.807) is 0 Å². The molecule has 0 spiro atoms. The van der Waals surface area contributed by atoms with Crippen LogP contribution in [0.1, 0.15) is 2.85 Å². The van der Waals surface area contributed by atoms with Crippen LogP contribution in [0.4, 0.5) is 0 Å². The average molecular weight is 303 g/mol. The second-order valence-corrected chi connectivity index (χ2v) is 1.54. The molecule has 0 aliphatic heterocycles. The van der Waals surface area contributed by atoms with Gasteiger partial charge in [0.15, 0.2) is 17.4 Å². The van der Waals surface area contributed by atoms with Gasteiger partial charge < -0.3 is 28.5 Å². The zero-order valence-electron chi connectivity index (χ0n) is 5.90. The van der Waals surface area contributed by atoms with Crippen LogP contribution in [0.25, 0.3) is 0 Å². The van der Waals surface area contributed by atoms with Crippen molar-refractivity contribution in [2.24, 2.45) is 0 Å². The summed E-state index contributed by atoms with van der Waals surface area (Å²) in [4.78, 5) is 21.6. The van der Waals surface area contributed by atoms with Crippen molar-refractivity contribution in [3.63, 3.8) is 0 Å². The van der Waals surface area contributed by atoms with Crippen LogP contribution in [0.2, 0.25) is 0 Å². The molecular weight excluding hydrogens is 291 g/mol. The Kier molecular flexibility index (Phi) is 43.1. The number of phosphoric acid groups is 1. The summed E-state index contributed by atoms with van der Waals surface area (Å²) in [6.07, 6.45) is 0. The molecule has 0 aromatic rings. The van der Waals surface area contributed by atoms with Crippen LogP contribution in [-0.4, -0.2) is 91.9 Å². The minimum absolute atomic E-state index is 0. The first kappa shape index (κ1) is 30.4. The van der Waals surface area contributed by atoms with Gasteiger partial charge in [0.25, 0.3) is 0 Å². The van der Waals surface area contributed by atoms with Gasteiger partial charge in [-0.2, -0.15) is 0 Å². The zero-order valence-corrected chi connectivity index (χ0v) is 9.24. The van der Waals surface area contributed by atoms with E-state index in [1.807, 2.05) is 0 Å². The van der Waals surface area contributed by atoms with Gasteiger partial charge in [0.1, 0.15) is 0 Å². The molecule has 0 rings (SSSR count). The molecule has 0 aromatic heterocycles. The third-order valence-corrected chi connectivity index (χ3v) is 0. The molecule has 58 valence electrons. The molecule has 0 radical (unpaired) electrons. The molecule has 9 heavy (non-hydrogen) atoms. The van der Waals surface area contributed by atoms with Crippen molar-refractivity contribution in [1.82, 2.24) is 0 Å². The van der Waals surface area contributed by atoms with Crippen LogP contribution >= 0.6 is 7.82 Å². The van der Waals surface area contributed by atoms with Gasteiger partial charge in [0.05, 0.1) is 0 Å². The second kappa shape index (κ2) is 12.8. The summed E-state index contributed by atoms with van der Waals surface area (Å²) in [5.41, 5.74) is 0. The summed E-state index contributed by atoms with van der Waals surface area (Å²) in [5.74, 6) is 0. The van der Waals surface area contributed by atoms with E-state index >= 15 is 0 Å². The minimum atomic E-state index is -4.64. The second-order valence-electron chi connectivity index (χ2n) is 0.513. The molecule has 9 heteroatoms. The molecule has 0 saturated carbocycles. The summed E-state index contributed by atoms with van der Waals surface area (Å²) >= 11 is 0. The Morgan fingerprint density at radius 3 is 1.11 bits per heavy atom. The van der Waals surface area contributed by atoms with E-state index in [-0.39, 0.29) is 80.0 Å². The molecule has 0 aromatic carbocycles. The summed E-state index contributed by atoms with van der Waals surface area (Å²) < 4.78 is 8.88. The molecule has 0 saturated heterocycles. The van der Waals surface area contributed by atoms with Gasteiger partial charge in [0, 0.05) is 0 Å². The van der Waals surface area contributed by atoms with Crippen molar-refractivity contribution in [2.75, 3.05) is 0 Å². The molecule has 0 atom stereocenters. The topological polar surface area (TPSA) is 141 Å². The molecule has 0 fully saturated rings. The number of hydrogen-bond donors (Lipinski definition) is 3. The third-order valence-electron chi connectivity index (χ3n) is 0. The molecule has 0 unspecified atom stereocenters. The van der Waals surface area contributed by atoms with Crippen LogP contribution in [0, 0.1) is 0 Å². The Hall–Kier alpha value is 2.13. The van der Waals surface area contributed by atoms with Gasteiger partial charge in [-0.25, -0.2) is 4.57 Å². The molecule has 0 heterocycles. The summed E-state index contributed by atoms with van der Waals surface area (Å²) in [6.45, 7) is 0. The maximum absolute atomic E-state index is 8.88. The third kappa shape index (κ3) is 147. The normalized spacial score (nSPS) is 6.56. The molecule has 0 amide bonds. The van der Waals surface area contributed by atoms with Crippen LogP contribution in [0.3, 0.4) is 0 Å². The van der Waals surface area contributed by atoms with Crippen molar-refractivity contribution in [2.45, 2.75) is 0 Å². The quantitative estimate of drug-likeness (QED) is 0.310. The first-order chi connectivity index (χ1) is 2.00. The Morgan fingerprint density at radius 1 is 1.11 bits per heavy atom. The maximum atomic E-state index is 8.88. The summed E-state index contributed by atoms with van der Waals surface area (Å²) in [6, 6.07) is 0. The van der Waals surface area contributed by atoms with Crippen LogP contribution in [0.5, 0.6) is 0 Å². The number of rotatable bonds is 0. The van der Waals surface area contributed by atoms with Gasteiger partial charge >= 0.3 is 56.7 Å². The summed E-state index contributed by atoms with van der Waals surface area (Å²) in [7, 11) is -4.64. The Bertz CT molecular complexity index is 66.7. The largest absolute Gasteiger partial charge is 2.00 e. The van der Waals surface area contributed by atoms with E-state index in [0.717, 1.165) is 0 Å². The Balaban J connectivity index is -0.00000000533. The Labute approximate surface area is 106 Å². The van der Waals surface area contributed by atoms with Crippen molar-refractivity contribution in [3.05, 3.63) is 0 Å². The van der Waals surface area contributed by atoms with E-state index in [9.17, 15) is 0 Å². The van der Waals surface area contributed by atoms with Crippen LogP contribution < -0.4 is 0 Å². The molecule has 6 nitrogen and oxygen atoms in total. The van der Waals surface area contributed by atoms with Crippen molar-refractivity contribution >= 4 is 74.1 Å². The monoisotopic (exact) mass is 304 g/mol. The molecule has 0 aliphatic rings. The van der Waals surface area contributed by atoms with Gasteiger partial charge in [-0.05, 0) is 0 Å². The van der Waals surface area contributed by atoms with E-state index in [0.29, 0.717) is 0 Å². The molecular formula is H12AlBaO6P. The first-order valence-corrected chi connectivity index (χ1v) is 2.35. The number of hydrogen-bond acceptors (Lipinski definition) is 1. The molecule has 0 aliphatic carbocycles. The van der Waals surface area contributed by atoms with Crippen molar-refractivity contribution in [3.8, 4) is 0 Å². The van der Waals surface area contributed by atoms with E-state index in [2.05, 4.69) is 0 Å². The minimum Gasteiger partial charge on any atom is -1.00 e. The van der Waals surface area contributed by atoms with Gasteiger partial charge in [-0.1, -0.05) is 0 Å². The molecule has 7 N–H and O–H groups in total. The Morgan fingerprint density at radius 2 is 1.11 bits per heavy atom. The van der Waals surface area contributed by atoms with E-state index < -0.39 is 7.82 Å². The maximum Gasteiger partial charge on any atom is 2.00 e. The molecule has 0 bridgehead atoms. The fraction of sp³-hybridized carbons (Fsp3) is 0. The van der Waals surface area contributed by atoms with Gasteiger partial charge in [-0.15, -0.1) is 0 Å². The van der Waals surface area contributed by atoms with Gasteiger partial charge in [0.2, 0.25) is 0 Å². The van der Waals surface area contributed by atoms with Crippen molar-refractivity contribution in [1.29, 1.82) is 0 Å². The zero-order chi connectivity index (χ0) is 4.50. The van der Waals surface area contributed by atoms with Crippen LogP contribution in [-0.2, 0) is 4.57 Å².